The normalized spacial score (nSPS) is 14.1. The molecule has 0 radical (unpaired) electrons. The van der Waals surface area contributed by atoms with Crippen LogP contribution in [0.25, 0.3) is 0 Å². The molecule has 6 nitrogen and oxygen atoms in total. The van der Waals surface area contributed by atoms with E-state index in [1.54, 1.807) is 36.3 Å². The smallest absolute Gasteiger partial charge is 0.261 e. The van der Waals surface area contributed by atoms with E-state index in [0.29, 0.717) is 22.9 Å². The summed E-state index contributed by atoms with van der Waals surface area (Å²) in [6.07, 6.45) is 4.54. The highest BCUT2D eigenvalue weighted by Gasteiger charge is 2.32. The molecule has 2 amide bonds. The Morgan fingerprint density at radius 3 is 2.35 bits per heavy atom. The molecule has 3 aromatic carbocycles. The number of carbonyl (C=O) groups excluding carboxylic acids is 2. The van der Waals surface area contributed by atoms with E-state index < -0.39 is 6.04 Å². The molecule has 4 rings (SSSR count). The van der Waals surface area contributed by atoms with E-state index in [1.165, 1.54) is 0 Å². The van der Waals surface area contributed by atoms with Gasteiger partial charge < -0.3 is 19.7 Å². The summed E-state index contributed by atoms with van der Waals surface area (Å²) < 4.78 is 11.2. The molecule has 0 bridgehead atoms. The van der Waals surface area contributed by atoms with Crippen molar-refractivity contribution in [2.75, 3.05) is 13.7 Å². The maximum atomic E-state index is 13.7. The van der Waals surface area contributed by atoms with Crippen LogP contribution in [0.4, 0.5) is 0 Å². The lowest BCUT2D eigenvalue weighted by Crippen LogP contribution is -2.53. The third kappa shape index (κ3) is 7.73. The zero-order valence-corrected chi connectivity index (χ0v) is 21.8. The summed E-state index contributed by atoms with van der Waals surface area (Å²) in [5, 5.41) is 3.80. The van der Waals surface area contributed by atoms with Gasteiger partial charge in [-0.05, 0) is 60.4 Å². The van der Waals surface area contributed by atoms with Gasteiger partial charge in [-0.15, -0.1) is 0 Å². The Labute approximate surface area is 223 Å². The zero-order chi connectivity index (χ0) is 26.0. The standard InChI is InChI=1S/C30H33ClN2O4/c1-36-27-13-7-10-23(18-27)20-33(29(34)21-37-26-16-14-24(31)15-17-26)28(19-22-8-3-2-4-9-22)30(35)32-25-11-5-6-12-25/h2-4,7-10,13-18,25,28H,5-6,11-12,19-21H2,1H3,(H,32,35). The fraction of sp³-hybridized carbons (Fsp3) is 0.333. The Morgan fingerprint density at radius 1 is 0.946 bits per heavy atom. The molecule has 1 N–H and O–H groups in total. The minimum absolute atomic E-state index is 0.140. The summed E-state index contributed by atoms with van der Waals surface area (Å²) in [5.74, 6) is 0.810. The Hall–Kier alpha value is -3.51. The molecule has 0 saturated heterocycles. The first-order valence-electron chi connectivity index (χ1n) is 12.7. The van der Waals surface area contributed by atoms with Gasteiger partial charge in [-0.1, -0.05) is 66.9 Å². The van der Waals surface area contributed by atoms with Gasteiger partial charge in [-0.3, -0.25) is 9.59 Å². The number of benzene rings is 3. The van der Waals surface area contributed by atoms with Crippen molar-refractivity contribution in [3.63, 3.8) is 0 Å². The molecular formula is C30H33ClN2O4. The largest absolute Gasteiger partial charge is 0.497 e. The fourth-order valence-electron chi connectivity index (χ4n) is 4.65. The second-order valence-corrected chi connectivity index (χ2v) is 9.75. The lowest BCUT2D eigenvalue weighted by Gasteiger charge is -2.32. The van der Waals surface area contributed by atoms with Crippen LogP contribution in [0.2, 0.25) is 5.02 Å². The Kier molecular flexibility index (Phi) is 9.44. The number of nitrogens with one attached hydrogen (secondary N) is 1. The monoisotopic (exact) mass is 520 g/mol. The summed E-state index contributed by atoms with van der Waals surface area (Å²) in [7, 11) is 1.61. The molecule has 194 valence electrons. The van der Waals surface area contributed by atoms with E-state index in [1.807, 2.05) is 54.6 Å². The van der Waals surface area contributed by atoms with Gasteiger partial charge in [0.15, 0.2) is 6.61 Å². The van der Waals surface area contributed by atoms with E-state index in [-0.39, 0.29) is 31.0 Å². The highest BCUT2D eigenvalue weighted by Crippen LogP contribution is 2.22. The lowest BCUT2D eigenvalue weighted by molar-refractivity contribution is -0.143. The molecule has 1 saturated carbocycles. The van der Waals surface area contributed by atoms with Crippen molar-refractivity contribution < 1.29 is 19.1 Å². The molecular weight excluding hydrogens is 488 g/mol. The molecule has 7 heteroatoms. The molecule has 37 heavy (non-hydrogen) atoms. The van der Waals surface area contributed by atoms with E-state index in [2.05, 4.69) is 5.32 Å². The van der Waals surface area contributed by atoms with Gasteiger partial charge in [0.2, 0.25) is 5.91 Å². The van der Waals surface area contributed by atoms with Gasteiger partial charge in [-0.25, -0.2) is 0 Å². The lowest BCUT2D eigenvalue weighted by atomic mass is 10.0. The van der Waals surface area contributed by atoms with E-state index in [0.717, 1.165) is 36.8 Å². The van der Waals surface area contributed by atoms with Crippen LogP contribution in [-0.4, -0.2) is 42.5 Å². The van der Waals surface area contributed by atoms with Crippen LogP contribution in [0.3, 0.4) is 0 Å². The number of ether oxygens (including phenoxy) is 2. The molecule has 0 aliphatic heterocycles. The number of halogens is 1. The predicted molar refractivity (Wildman–Crippen MR) is 145 cm³/mol. The highest BCUT2D eigenvalue weighted by molar-refractivity contribution is 6.30. The summed E-state index contributed by atoms with van der Waals surface area (Å²) >= 11 is 5.98. The van der Waals surface area contributed by atoms with E-state index in [9.17, 15) is 9.59 Å². The number of amides is 2. The van der Waals surface area contributed by atoms with Crippen molar-refractivity contribution in [3.05, 3.63) is 95.0 Å². The zero-order valence-electron chi connectivity index (χ0n) is 21.1. The molecule has 1 aliphatic carbocycles. The van der Waals surface area contributed by atoms with Crippen LogP contribution in [-0.2, 0) is 22.6 Å². The van der Waals surface area contributed by atoms with Crippen LogP contribution < -0.4 is 14.8 Å². The highest BCUT2D eigenvalue weighted by atomic mass is 35.5. The molecule has 3 aromatic rings. The average Bonchev–Trinajstić information content (AvgIpc) is 3.44. The Bertz CT molecular complexity index is 1160. The van der Waals surface area contributed by atoms with Gasteiger partial charge in [0.25, 0.3) is 5.91 Å². The van der Waals surface area contributed by atoms with Crippen molar-refractivity contribution in [3.8, 4) is 11.5 Å². The van der Waals surface area contributed by atoms with Crippen LogP contribution in [0.1, 0.15) is 36.8 Å². The average molecular weight is 521 g/mol. The van der Waals surface area contributed by atoms with Gasteiger partial charge in [-0.2, -0.15) is 0 Å². The number of nitrogens with zero attached hydrogens (tertiary/aromatic N) is 1. The van der Waals surface area contributed by atoms with Gasteiger partial charge in [0.05, 0.1) is 7.11 Å². The van der Waals surface area contributed by atoms with Crippen LogP contribution in [0.5, 0.6) is 11.5 Å². The first-order valence-corrected chi connectivity index (χ1v) is 13.0. The second-order valence-electron chi connectivity index (χ2n) is 9.31. The Balaban J connectivity index is 1.61. The quantitative estimate of drug-likeness (QED) is 0.366. The minimum Gasteiger partial charge on any atom is -0.497 e. The maximum absolute atomic E-state index is 13.7. The van der Waals surface area contributed by atoms with Crippen molar-refractivity contribution in [1.29, 1.82) is 0 Å². The molecule has 0 heterocycles. The predicted octanol–water partition coefficient (Wildman–Crippen LogP) is 5.43. The minimum atomic E-state index is -0.699. The maximum Gasteiger partial charge on any atom is 0.261 e. The number of rotatable bonds is 11. The van der Waals surface area contributed by atoms with Gasteiger partial charge in [0.1, 0.15) is 17.5 Å². The molecule has 1 unspecified atom stereocenters. The van der Waals surface area contributed by atoms with Crippen molar-refractivity contribution in [2.45, 2.75) is 50.7 Å². The van der Waals surface area contributed by atoms with Gasteiger partial charge >= 0.3 is 0 Å². The third-order valence-electron chi connectivity index (χ3n) is 6.64. The van der Waals surface area contributed by atoms with Crippen molar-refractivity contribution >= 4 is 23.4 Å². The molecule has 0 spiro atoms. The van der Waals surface area contributed by atoms with Crippen LogP contribution in [0.15, 0.2) is 78.9 Å². The SMILES string of the molecule is COc1cccc(CN(C(=O)COc2ccc(Cl)cc2)C(Cc2ccccc2)C(=O)NC2CCCC2)c1. The van der Waals surface area contributed by atoms with Crippen LogP contribution >= 0.6 is 11.6 Å². The molecule has 0 aromatic heterocycles. The first-order chi connectivity index (χ1) is 18.0. The summed E-state index contributed by atoms with van der Waals surface area (Å²) in [4.78, 5) is 29.0. The summed E-state index contributed by atoms with van der Waals surface area (Å²) in [6, 6.07) is 23.6. The van der Waals surface area contributed by atoms with Crippen molar-refractivity contribution in [1.82, 2.24) is 10.2 Å². The number of hydrogen-bond donors (Lipinski definition) is 1. The Morgan fingerprint density at radius 2 is 1.65 bits per heavy atom. The molecule has 1 aliphatic rings. The first kappa shape index (κ1) is 26.6. The summed E-state index contributed by atoms with van der Waals surface area (Å²) in [5.41, 5.74) is 1.85. The summed E-state index contributed by atoms with van der Waals surface area (Å²) in [6.45, 7) is 0.0448. The van der Waals surface area contributed by atoms with E-state index >= 15 is 0 Å². The van der Waals surface area contributed by atoms with E-state index in [4.69, 9.17) is 21.1 Å². The number of carbonyl (C=O) groups is 2. The number of hydrogen-bond acceptors (Lipinski definition) is 4. The fourth-order valence-corrected chi connectivity index (χ4v) is 4.77. The van der Waals surface area contributed by atoms with Gasteiger partial charge in [0, 0.05) is 24.0 Å². The molecule has 1 atom stereocenters. The third-order valence-corrected chi connectivity index (χ3v) is 6.89. The topological polar surface area (TPSA) is 67.9 Å². The number of methoxy groups -OCH3 is 1. The molecule has 1 fully saturated rings. The van der Waals surface area contributed by atoms with Crippen molar-refractivity contribution in [2.24, 2.45) is 0 Å². The second kappa shape index (κ2) is 13.2. The van der Waals surface area contributed by atoms with Crippen LogP contribution in [0, 0.1) is 0 Å².